The van der Waals surface area contributed by atoms with E-state index in [1.807, 2.05) is 31.2 Å². The summed E-state index contributed by atoms with van der Waals surface area (Å²) in [5, 5.41) is 0.0436. The van der Waals surface area contributed by atoms with Gasteiger partial charge < -0.3 is 9.47 Å². The largest absolute Gasteiger partial charge is 0.463 e. The number of halogens is 2. The normalized spacial score (nSPS) is 10.3. The topological polar surface area (TPSA) is 57.1 Å². The van der Waals surface area contributed by atoms with E-state index in [2.05, 4.69) is 37.5 Å². The van der Waals surface area contributed by atoms with Crippen molar-refractivity contribution < 1.29 is 9.47 Å². The highest BCUT2D eigenvalue weighted by atomic mass is 127. The van der Waals surface area contributed by atoms with Gasteiger partial charge in [0.05, 0.1) is 10.2 Å². The van der Waals surface area contributed by atoms with Crippen LogP contribution in [0, 0.1) is 3.57 Å². The van der Waals surface area contributed by atoms with Crippen molar-refractivity contribution in [2.24, 2.45) is 0 Å². The quantitative estimate of drug-likeness (QED) is 0.727. The highest BCUT2D eigenvalue weighted by Gasteiger charge is 2.09. The summed E-state index contributed by atoms with van der Waals surface area (Å²) in [5.41, 5.74) is 0. The van der Waals surface area contributed by atoms with E-state index in [1.165, 1.54) is 0 Å². The molecule has 0 radical (unpaired) electrons. The molecule has 2 aromatic rings. The lowest BCUT2D eigenvalue weighted by Crippen LogP contribution is -2.03. The summed E-state index contributed by atoms with van der Waals surface area (Å²) in [4.78, 5) is 11.8. The predicted octanol–water partition coefficient (Wildman–Crippen LogP) is 3.71. The minimum absolute atomic E-state index is 0.0436. The Bertz CT molecular complexity index is 568. The van der Waals surface area contributed by atoms with Crippen molar-refractivity contribution in [1.29, 1.82) is 0 Å². The summed E-state index contributed by atoms with van der Waals surface area (Å²) in [7, 11) is 0. The molecule has 0 saturated heterocycles. The Morgan fingerprint density at radius 2 is 1.89 bits per heavy atom. The molecule has 0 saturated carbocycles. The van der Waals surface area contributed by atoms with Gasteiger partial charge in [-0.05, 0) is 52.7 Å². The molecule has 1 aromatic heterocycles. The lowest BCUT2D eigenvalue weighted by atomic mass is 10.3. The zero-order valence-corrected chi connectivity index (χ0v) is 13.1. The Labute approximate surface area is 129 Å². The lowest BCUT2D eigenvalue weighted by Gasteiger charge is -2.07. The van der Waals surface area contributed by atoms with Gasteiger partial charge in [0.2, 0.25) is 5.28 Å². The third-order valence-electron chi connectivity index (χ3n) is 2.04. The second-order valence-corrected chi connectivity index (χ2v) is 5.05. The molecule has 7 heteroatoms. The van der Waals surface area contributed by atoms with Crippen molar-refractivity contribution in [1.82, 2.24) is 15.0 Å². The maximum Gasteiger partial charge on any atom is 0.329 e. The van der Waals surface area contributed by atoms with Crippen LogP contribution in [-0.4, -0.2) is 21.6 Å². The van der Waals surface area contributed by atoms with Crippen LogP contribution in [0.3, 0.4) is 0 Å². The highest BCUT2D eigenvalue weighted by Crippen LogP contribution is 2.25. The number of para-hydroxylation sites is 1. The first-order chi connectivity index (χ1) is 9.19. The predicted molar refractivity (Wildman–Crippen MR) is 79.9 cm³/mol. The monoisotopic (exact) mass is 391 g/mol. The fourth-order valence-electron chi connectivity index (χ4n) is 1.24. The Morgan fingerprint density at radius 3 is 2.63 bits per heavy atom. The smallest absolute Gasteiger partial charge is 0.329 e. The number of hydrogen-bond donors (Lipinski definition) is 0. The molecule has 5 nitrogen and oxygen atoms in total. The average Bonchev–Trinajstić information content (AvgIpc) is 2.38. The Morgan fingerprint density at radius 1 is 1.16 bits per heavy atom. The second kappa shape index (κ2) is 6.85. The van der Waals surface area contributed by atoms with Gasteiger partial charge in [-0.15, -0.1) is 4.98 Å². The molecular weight excluding hydrogens is 381 g/mol. The molecule has 0 N–H and O–H groups in total. The van der Waals surface area contributed by atoms with Gasteiger partial charge >= 0.3 is 12.0 Å². The standard InChI is InChI=1S/C12H11ClIN3O2/c1-2-7-18-11-15-10(13)16-12(17-11)19-9-6-4-3-5-8(9)14/h3-6H,2,7H2,1H3. The van der Waals surface area contributed by atoms with E-state index < -0.39 is 0 Å². The Hall–Kier alpha value is -1.15. The first-order valence-electron chi connectivity index (χ1n) is 5.66. The van der Waals surface area contributed by atoms with Gasteiger partial charge in [-0.1, -0.05) is 19.1 Å². The molecule has 0 aliphatic carbocycles. The molecule has 0 unspecified atom stereocenters. The van der Waals surface area contributed by atoms with Crippen LogP contribution in [0.1, 0.15) is 13.3 Å². The van der Waals surface area contributed by atoms with Crippen LogP contribution in [0.25, 0.3) is 0 Å². The van der Waals surface area contributed by atoms with Crippen LogP contribution in [0.5, 0.6) is 17.8 Å². The van der Waals surface area contributed by atoms with E-state index in [1.54, 1.807) is 0 Å². The first kappa shape index (κ1) is 14.3. The second-order valence-electron chi connectivity index (χ2n) is 3.55. The number of hydrogen-bond acceptors (Lipinski definition) is 5. The van der Waals surface area contributed by atoms with Gasteiger partial charge in [0.1, 0.15) is 5.75 Å². The minimum Gasteiger partial charge on any atom is -0.463 e. The third kappa shape index (κ3) is 4.17. The lowest BCUT2D eigenvalue weighted by molar-refractivity contribution is 0.284. The van der Waals surface area contributed by atoms with Crippen molar-refractivity contribution in [3.63, 3.8) is 0 Å². The number of rotatable bonds is 5. The molecule has 0 atom stereocenters. The molecule has 100 valence electrons. The summed E-state index contributed by atoms with van der Waals surface area (Å²) in [6, 6.07) is 7.83. The molecule has 0 aliphatic heterocycles. The molecular formula is C12H11ClIN3O2. The number of ether oxygens (including phenoxy) is 2. The average molecular weight is 392 g/mol. The van der Waals surface area contributed by atoms with Crippen molar-refractivity contribution in [2.45, 2.75) is 13.3 Å². The zero-order valence-electron chi connectivity index (χ0n) is 10.1. The molecule has 0 amide bonds. The first-order valence-corrected chi connectivity index (χ1v) is 7.11. The van der Waals surface area contributed by atoms with Gasteiger partial charge in [-0.25, -0.2) is 0 Å². The van der Waals surface area contributed by atoms with Gasteiger partial charge in [0.25, 0.3) is 0 Å². The summed E-state index contributed by atoms with van der Waals surface area (Å²) in [5.74, 6) is 0.659. The van der Waals surface area contributed by atoms with Crippen LogP contribution in [0.2, 0.25) is 5.28 Å². The summed E-state index contributed by atoms with van der Waals surface area (Å²) in [6.07, 6.45) is 0.857. The molecule has 0 bridgehead atoms. The van der Waals surface area contributed by atoms with Crippen molar-refractivity contribution in [2.75, 3.05) is 6.61 Å². The van der Waals surface area contributed by atoms with E-state index in [0.29, 0.717) is 12.4 Å². The van der Waals surface area contributed by atoms with E-state index in [0.717, 1.165) is 9.99 Å². The molecule has 0 aliphatic rings. The summed E-state index contributed by atoms with van der Waals surface area (Å²) in [6.45, 7) is 2.51. The molecule has 2 rings (SSSR count). The van der Waals surface area contributed by atoms with Crippen molar-refractivity contribution >= 4 is 34.2 Å². The minimum atomic E-state index is 0.0436. The van der Waals surface area contributed by atoms with E-state index in [-0.39, 0.29) is 17.3 Å². The van der Waals surface area contributed by atoms with Gasteiger partial charge in [-0.3, -0.25) is 0 Å². The Balaban J connectivity index is 2.20. The fourth-order valence-corrected chi connectivity index (χ4v) is 1.89. The number of benzene rings is 1. The van der Waals surface area contributed by atoms with Crippen LogP contribution >= 0.6 is 34.2 Å². The highest BCUT2D eigenvalue weighted by molar-refractivity contribution is 14.1. The molecule has 1 aromatic carbocycles. The molecule has 0 spiro atoms. The van der Waals surface area contributed by atoms with Crippen LogP contribution < -0.4 is 9.47 Å². The SMILES string of the molecule is CCCOc1nc(Cl)nc(Oc2ccccc2I)n1. The van der Waals surface area contributed by atoms with Crippen molar-refractivity contribution in [3.05, 3.63) is 33.1 Å². The molecule has 0 fully saturated rings. The van der Waals surface area contributed by atoms with Crippen LogP contribution in [-0.2, 0) is 0 Å². The van der Waals surface area contributed by atoms with Gasteiger partial charge in [0.15, 0.2) is 0 Å². The third-order valence-corrected chi connectivity index (χ3v) is 3.10. The maximum atomic E-state index is 5.81. The van der Waals surface area contributed by atoms with Crippen LogP contribution in [0.15, 0.2) is 24.3 Å². The maximum absolute atomic E-state index is 5.81. The number of nitrogens with zero attached hydrogens (tertiary/aromatic N) is 3. The van der Waals surface area contributed by atoms with Crippen LogP contribution in [0.4, 0.5) is 0 Å². The fraction of sp³-hybridized carbons (Fsp3) is 0.250. The van der Waals surface area contributed by atoms with E-state index >= 15 is 0 Å². The summed E-state index contributed by atoms with van der Waals surface area (Å²) < 4.78 is 11.8. The number of aromatic nitrogens is 3. The van der Waals surface area contributed by atoms with Gasteiger partial charge in [0, 0.05) is 0 Å². The molecule has 1 heterocycles. The molecule has 19 heavy (non-hydrogen) atoms. The van der Waals surface area contributed by atoms with Crippen molar-refractivity contribution in [3.8, 4) is 17.8 Å². The zero-order chi connectivity index (χ0) is 13.7. The Kier molecular flexibility index (Phi) is 5.15. The van der Waals surface area contributed by atoms with Gasteiger partial charge in [-0.2, -0.15) is 9.97 Å². The van der Waals surface area contributed by atoms with E-state index in [4.69, 9.17) is 21.1 Å². The summed E-state index contributed by atoms with van der Waals surface area (Å²) >= 11 is 7.98. The van der Waals surface area contributed by atoms with E-state index in [9.17, 15) is 0 Å².